The van der Waals surface area contributed by atoms with Crippen LogP contribution in [0.2, 0.25) is 0 Å². The molecule has 92 valence electrons. The minimum Gasteiger partial charge on any atom is -0.382 e. The lowest BCUT2D eigenvalue weighted by atomic mass is 10.1. The smallest absolute Gasteiger partial charge is 0.222 e. The molecule has 1 unspecified atom stereocenters. The van der Waals surface area contributed by atoms with Gasteiger partial charge in [0, 0.05) is 24.7 Å². The van der Waals surface area contributed by atoms with E-state index in [0.29, 0.717) is 12.0 Å². The molecule has 0 aliphatic carbocycles. The second kappa shape index (κ2) is 5.17. The van der Waals surface area contributed by atoms with Crippen LogP contribution in [-0.4, -0.2) is 18.5 Å². The molecule has 0 bridgehead atoms. The van der Waals surface area contributed by atoms with Gasteiger partial charge in [-0.2, -0.15) is 0 Å². The first-order valence-electron chi connectivity index (χ1n) is 5.94. The number of carbonyl (C=O) groups is 1. The predicted molar refractivity (Wildman–Crippen MR) is 65.4 cm³/mol. The molecule has 0 saturated carbocycles. The lowest BCUT2D eigenvalue weighted by molar-refractivity contribution is -0.120. The van der Waals surface area contributed by atoms with Gasteiger partial charge in [-0.1, -0.05) is 0 Å². The number of carbonyl (C=O) groups excluding carboxylic acids is 1. The van der Waals surface area contributed by atoms with E-state index >= 15 is 0 Å². The number of rotatable bonds is 2. The van der Waals surface area contributed by atoms with Crippen molar-refractivity contribution in [3.8, 4) is 0 Å². The van der Waals surface area contributed by atoms with Gasteiger partial charge in [-0.05, 0) is 43.5 Å². The molecule has 1 heterocycles. The van der Waals surface area contributed by atoms with Crippen LogP contribution in [0.5, 0.6) is 0 Å². The standard InChI is InChI=1S/C13H17FN2O/c1-9-7-11(4-5-12(9)14)16-10-3-2-6-15-13(17)8-10/h4-5,7,10,16H,2-3,6,8H2,1H3,(H,15,17). The van der Waals surface area contributed by atoms with Crippen LogP contribution < -0.4 is 10.6 Å². The Hall–Kier alpha value is -1.58. The van der Waals surface area contributed by atoms with E-state index in [2.05, 4.69) is 10.6 Å². The van der Waals surface area contributed by atoms with Crippen molar-refractivity contribution in [1.82, 2.24) is 5.32 Å². The molecule has 2 N–H and O–H groups in total. The monoisotopic (exact) mass is 236 g/mol. The summed E-state index contributed by atoms with van der Waals surface area (Å²) in [4.78, 5) is 11.4. The molecule has 1 amide bonds. The third-order valence-electron chi connectivity index (χ3n) is 3.01. The summed E-state index contributed by atoms with van der Waals surface area (Å²) in [6.45, 7) is 2.49. The molecule has 0 radical (unpaired) electrons. The molecule has 1 fully saturated rings. The quantitative estimate of drug-likeness (QED) is 0.826. The molecule has 0 aromatic heterocycles. The van der Waals surface area contributed by atoms with Crippen LogP contribution in [-0.2, 0) is 4.79 Å². The fourth-order valence-corrected chi connectivity index (χ4v) is 2.07. The van der Waals surface area contributed by atoms with Gasteiger partial charge in [0.05, 0.1) is 0 Å². The Labute approximate surface area is 100 Å². The minimum absolute atomic E-state index is 0.0823. The maximum Gasteiger partial charge on any atom is 0.222 e. The lowest BCUT2D eigenvalue weighted by Crippen LogP contribution is -2.26. The van der Waals surface area contributed by atoms with Gasteiger partial charge < -0.3 is 10.6 Å². The topological polar surface area (TPSA) is 41.1 Å². The van der Waals surface area contributed by atoms with E-state index < -0.39 is 0 Å². The van der Waals surface area contributed by atoms with E-state index in [1.807, 2.05) is 0 Å². The minimum atomic E-state index is -0.200. The Balaban J connectivity index is 2.03. The van der Waals surface area contributed by atoms with Crippen molar-refractivity contribution in [2.24, 2.45) is 0 Å². The summed E-state index contributed by atoms with van der Waals surface area (Å²) in [6.07, 6.45) is 2.41. The van der Waals surface area contributed by atoms with Gasteiger partial charge in [0.15, 0.2) is 0 Å². The van der Waals surface area contributed by atoms with Crippen molar-refractivity contribution in [3.05, 3.63) is 29.6 Å². The molecule has 2 rings (SSSR count). The van der Waals surface area contributed by atoms with Gasteiger partial charge in [-0.3, -0.25) is 4.79 Å². The van der Waals surface area contributed by atoms with E-state index in [9.17, 15) is 9.18 Å². The molecule has 1 atom stereocenters. The Morgan fingerprint density at radius 3 is 3.06 bits per heavy atom. The van der Waals surface area contributed by atoms with Crippen molar-refractivity contribution in [2.75, 3.05) is 11.9 Å². The molecular weight excluding hydrogens is 219 g/mol. The van der Waals surface area contributed by atoms with Gasteiger partial charge in [-0.15, -0.1) is 0 Å². The maximum absolute atomic E-state index is 13.1. The summed E-state index contributed by atoms with van der Waals surface area (Å²) < 4.78 is 13.1. The average molecular weight is 236 g/mol. The fraction of sp³-hybridized carbons (Fsp3) is 0.462. The SMILES string of the molecule is Cc1cc(NC2CCCNC(=O)C2)ccc1F. The average Bonchev–Trinajstić information content (AvgIpc) is 2.48. The number of hydrogen-bond donors (Lipinski definition) is 2. The summed E-state index contributed by atoms with van der Waals surface area (Å²) in [5, 5.41) is 6.13. The highest BCUT2D eigenvalue weighted by Gasteiger charge is 2.17. The second-order valence-electron chi connectivity index (χ2n) is 4.50. The molecular formula is C13H17FN2O. The summed E-state index contributed by atoms with van der Waals surface area (Å²) >= 11 is 0. The third kappa shape index (κ3) is 3.19. The number of hydrogen-bond acceptors (Lipinski definition) is 2. The van der Waals surface area contributed by atoms with Crippen molar-refractivity contribution >= 4 is 11.6 Å². The first kappa shape index (κ1) is 11.9. The van der Waals surface area contributed by atoms with E-state index in [4.69, 9.17) is 0 Å². The summed E-state index contributed by atoms with van der Waals surface area (Å²) in [5.74, 6) is -0.118. The van der Waals surface area contributed by atoms with Crippen molar-refractivity contribution in [3.63, 3.8) is 0 Å². The van der Waals surface area contributed by atoms with E-state index in [0.717, 1.165) is 25.1 Å². The lowest BCUT2D eigenvalue weighted by Gasteiger charge is -2.17. The fourth-order valence-electron chi connectivity index (χ4n) is 2.07. The zero-order valence-corrected chi connectivity index (χ0v) is 9.92. The Bertz CT molecular complexity index is 420. The maximum atomic E-state index is 13.1. The zero-order valence-electron chi connectivity index (χ0n) is 9.92. The van der Waals surface area contributed by atoms with Crippen molar-refractivity contribution < 1.29 is 9.18 Å². The van der Waals surface area contributed by atoms with Crippen LogP contribution in [0.25, 0.3) is 0 Å². The molecule has 1 aliphatic rings. The molecule has 1 aliphatic heterocycles. The van der Waals surface area contributed by atoms with Gasteiger partial charge in [-0.25, -0.2) is 4.39 Å². The number of amides is 1. The van der Waals surface area contributed by atoms with E-state index in [1.165, 1.54) is 6.07 Å². The second-order valence-corrected chi connectivity index (χ2v) is 4.50. The van der Waals surface area contributed by atoms with Crippen LogP contribution in [0.15, 0.2) is 18.2 Å². The van der Waals surface area contributed by atoms with Crippen LogP contribution in [0.3, 0.4) is 0 Å². The largest absolute Gasteiger partial charge is 0.382 e. The molecule has 1 aromatic rings. The normalized spacial score (nSPS) is 20.6. The number of halogens is 1. The Morgan fingerprint density at radius 2 is 2.29 bits per heavy atom. The van der Waals surface area contributed by atoms with Crippen LogP contribution in [0.4, 0.5) is 10.1 Å². The van der Waals surface area contributed by atoms with Gasteiger partial charge in [0.2, 0.25) is 5.91 Å². The van der Waals surface area contributed by atoms with Gasteiger partial charge in [0.25, 0.3) is 0 Å². The summed E-state index contributed by atoms with van der Waals surface area (Å²) in [7, 11) is 0. The summed E-state index contributed by atoms with van der Waals surface area (Å²) in [5.41, 5.74) is 1.50. The highest BCUT2D eigenvalue weighted by Crippen LogP contribution is 2.17. The number of nitrogens with one attached hydrogen (secondary N) is 2. The number of aryl methyl sites for hydroxylation is 1. The Morgan fingerprint density at radius 1 is 1.47 bits per heavy atom. The van der Waals surface area contributed by atoms with Crippen LogP contribution in [0, 0.1) is 12.7 Å². The number of anilines is 1. The third-order valence-corrected chi connectivity index (χ3v) is 3.01. The number of benzene rings is 1. The van der Waals surface area contributed by atoms with E-state index in [1.54, 1.807) is 19.1 Å². The van der Waals surface area contributed by atoms with Crippen LogP contribution >= 0.6 is 0 Å². The van der Waals surface area contributed by atoms with Crippen molar-refractivity contribution in [1.29, 1.82) is 0 Å². The van der Waals surface area contributed by atoms with Crippen molar-refractivity contribution in [2.45, 2.75) is 32.2 Å². The van der Waals surface area contributed by atoms with Crippen LogP contribution in [0.1, 0.15) is 24.8 Å². The first-order chi connectivity index (χ1) is 8.15. The van der Waals surface area contributed by atoms with Gasteiger partial charge >= 0.3 is 0 Å². The molecule has 0 spiro atoms. The van der Waals surface area contributed by atoms with E-state index in [-0.39, 0.29) is 17.8 Å². The highest BCUT2D eigenvalue weighted by molar-refractivity contribution is 5.77. The molecule has 1 aromatic carbocycles. The summed E-state index contributed by atoms with van der Waals surface area (Å²) in [6, 6.07) is 5.08. The molecule has 3 nitrogen and oxygen atoms in total. The highest BCUT2D eigenvalue weighted by atomic mass is 19.1. The molecule has 17 heavy (non-hydrogen) atoms. The van der Waals surface area contributed by atoms with Gasteiger partial charge in [0.1, 0.15) is 5.82 Å². The first-order valence-corrected chi connectivity index (χ1v) is 5.94. The Kier molecular flexibility index (Phi) is 3.61. The predicted octanol–water partition coefficient (Wildman–Crippen LogP) is 2.21. The molecule has 4 heteroatoms. The molecule has 1 saturated heterocycles. The zero-order chi connectivity index (χ0) is 12.3.